The topological polar surface area (TPSA) is 29.4 Å². The zero-order valence-corrected chi connectivity index (χ0v) is 9.98. The molecule has 0 unspecified atom stereocenters. The molecular formula is C15H17NO. The molecule has 0 amide bonds. The monoisotopic (exact) mass is 227 g/mol. The normalized spacial score (nSPS) is 24.0. The van der Waals surface area contributed by atoms with Gasteiger partial charge in [-0.3, -0.25) is 0 Å². The molecule has 0 N–H and O–H groups in total. The minimum Gasteiger partial charge on any atom is -0.211 e. The molecule has 17 heavy (non-hydrogen) atoms. The van der Waals surface area contributed by atoms with Gasteiger partial charge in [0.25, 0.3) is 0 Å². The second kappa shape index (κ2) is 3.82. The van der Waals surface area contributed by atoms with Crippen LogP contribution in [0.2, 0.25) is 0 Å². The highest BCUT2D eigenvalue weighted by atomic mass is 16.1. The summed E-state index contributed by atoms with van der Waals surface area (Å²) in [6, 6.07) is 10.6. The van der Waals surface area contributed by atoms with E-state index in [1.165, 1.54) is 31.2 Å². The molecule has 0 atom stereocenters. The van der Waals surface area contributed by atoms with E-state index in [2.05, 4.69) is 35.3 Å². The highest BCUT2D eigenvalue weighted by Crippen LogP contribution is 2.61. The van der Waals surface area contributed by atoms with E-state index in [1.54, 1.807) is 0 Å². The van der Waals surface area contributed by atoms with E-state index in [9.17, 15) is 4.79 Å². The fraction of sp³-hybridized carbons (Fsp3) is 0.533. The molecule has 2 fully saturated rings. The highest BCUT2D eigenvalue weighted by molar-refractivity contribution is 5.43. The molecule has 2 heteroatoms. The van der Waals surface area contributed by atoms with Crippen LogP contribution in [0.3, 0.4) is 0 Å². The Kier molecular flexibility index (Phi) is 2.41. The Balaban J connectivity index is 2.08. The van der Waals surface area contributed by atoms with Crippen LogP contribution in [-0.2, 0) is 10.2 Å². The second-order valence-electron chi connectivity index (χ2n) is 5.39. The van der Waals surface area contributed by atoms with Crippen LogP contribution in [0, 0.1) is 0 Å². The zero-order valence-electron chi connectivity index (χ0n) is 9.98. The van der Waals surface area contributed by atoms with Crippen molar-refractivity contribution in [2.24, 2.45) is 4.99 Å². The van der Waals surface area contributed by atoms with Gasteiger partial charge in [0.15, 0.2) is 0 Å². The molecule has 0 aromatic heterocycles. The SMILES string of the molecule is O=C=NC1(C2(c3ccccc3)CCCC2)CC1. The first kappa shape index (κ1) is 10.7. The van der Waals surface area contributed by atoms with E-state index in [0.717, 1.165) is 12.8 Å². The zero-order chi connectivity index (χ0) is 11.8. The predicted molar refractivity (Wildman–Crippen MR) is 66.7 cm³/mol. The van der Waals surface area contributed by atoms with Gasteiger partial charge in [0, 0.05) is 5.41 Å². The number of isocyanates is 1. The quantitative estimate of drug-likeness (QED) is 0.575. The summed E-state index contributed by atoms with van der Waals surface area (Å²) in [7, 11) is 0. The summed E-state index contributed by atoms with van der Waals surface area (Å²) < 4.78 is 0. The molecule has 0 heterocycles. The molecule has 2 nitrogen and oxygen atoms in total. The summed E-state index contributed by atoms with van der Waals surface area (Å²) in [5.74, 6) is 0. The minimum absolute atomic E-state index is 0.117. The molecule has 88 valence electrons. The van der Waals surface area contributed by atoms with Gasteiger partial charge in [-0.25, -0.2) is 4.79 Å². The van der Waals surface area contributed by atoms with Crippen LogP contribution < -0.4 is 0 Å². The molecule has 1 aromatic carbocycles. The lowest BCUT2D eigenvalue weighted by atomic mass is 9.71. The maximum Gasteiger partial charge on any atom is 0.235 e. The molecular weight excluding hydrogens is 210 g/mol. The summed E-state index contributed by atoms with van der Waals surface area (Å²) in [6.45, 7) is 0. The van der Waals surface area contributed by atoms with Crippen molar-refractivity contribution in [1.82, 2.24) is 0 Å². The van der Waals surface area contributed by atoms with Crippen LogP contribution >= 0.6 is 0 Å². The predicted octanol–water partition coefficient (Wildman–Crippen LogP) is 3.37. The first-order valence-electron chi connectivity index (χ1n) is 6.48. The summed E-state index contributed by atoms with van der Waals surface area (Å²) in [5.41, 5.74) is 1.37. The molecule has 0 aliphatic heterocycles. The third-order valence-corrected chi connectivity index (χ3v) is 4.66. The molecule has 0 radical (unpaired) electrons. The lowest BCUT2D eigenvalue weighted by molar-refractivity contribution is 0.332. The molecule has 2 saturated carbocycles. The van der Waals surface area contributed by atoms with Crippen LogP contribution in [0.15, 0.2) is 35.3 Å². The lowest BCUT2D eigenvalue weighted by Gasteiger charge is -2.35. The number of hydrogen-bond donors (Lipinski definition) is 0. The Morgan fingerprint density at radius 2 is 1.65 bits per heavy atom. The Morgan fingerprint density at radius 3 is 2.18 bits per heavy atom. The standard InChI is InChI=1S/C15H17NO/c17-12-16-15(10-11-15)14(8-4-5-9-14)13-6-2-1-3-7-13/h1-3,6-7H,4-5,8-11H2. The molecule has 0 saturated heterocycles. The van der Waals surface area contributed by atoms with Crippen molar-refractivity contribution in [3.05, 3.63) is 35.9 Å². The molecule has 1 aromatic rings. The van der Waals surface area contributed by atoms with Gasteiger partial charge in [0.05, 0.1) is 5.54 Å². The molecule has 3 rings (SSSR count). The summed E-state index contributed by atoms with van der Waals surface area (Å²) in [4.78, 5) is 14.9. The summed E-state index contributed by atoms with van der Waals surface area (Å²) >= 11 is 0. The van der Waals surface area contributed by atoms with Gasteiger partial charge >= 0.3 is 0 Å². The van der Waals surface area contributed by atoms with Crippen LogP contribution in [0.4, 0.5) is 0 Å². The van der Waals surface area contributed by atoms with Crippen molar-refractivity contribution in [2.45, 2.75) is 49.5 Å². The van der Waals surface area contributed by atoms with Gasteiger partial charge in [-0.1, -0.05) is 43.2 Å². The first-order chi connectivity index (χ1) is 8.33. The molecule has 2 aliphatic rings. The highest BCUT2D eigenvalue weighted by Gasteiger charge is 2.61. The van der Waals surface area contributed by atoms with Crippen molar-refractivity contribution >= 4 is 6.08 Å². The molecule has 2 aliphatic carbocycles. The van der Waals surface area contributed by atoms with Gasteiger partial charge in [0.2, 0.25) is 6.08 Å². The third-order valence-electron chi connectivity index (χ3n) is 4.66. The average molecular weight is 227 g/mol. The number of nitrogens with zero attached hydrogens (tertiary/aromatic N) is 1. The molecule has 0 spiro atoms. The van der Waals surface area contributed by atoms with Crippen LogP contribution in [0.5, 0.6) is 0 Å². The van der Waals surface area contributed by atoms with Crippen molar-refractivity contribution in [1.29, 1.82) is 0 Å². The van der Waals surface area contributed by atoms with Gasteiger partial charge < -0.3 is 0 Å². The van der Waals surface area contributed by atoms with E-state index in [-0.39, 0.29) is 11.0 Å². The maximum atomic E-state index is 10.7. The van der Waals surface area contributed by atoms with Crippen molar-refractivity contribution in [3.8, 4) is 0 Å². The van der Waals surface area contributed by atoms with E-state index in [4.69, 9.17) is 0 Å². The summed E-state index contributed by atoms with van der Waals surface area (Å²) in [5, 5.41) is 0. The lowest BCUT2D eigenvalue weighted by Crippen LogP contribution is -2.37. The van der Waals surface area contributed by atoms with Crippen molar-refractivity contribution < 1.29 is 4.79 Å². The Bertz CT molecular complexity index is 449. The van der Waals surface area contributed by atoms with Crippen LogP contribution in [0.25, 0.3) is 0 Å². The fourth-order valence-electron chi connectivity index (χ4n) is 3.66. The minimum atomic E-state index is -0.118. The maximum absolute atomic E-state index is 10.7. The Labute approximate surface area is 102 Å². The van der Waals surface area contributed by atoms with E-state index in [1.807, 2.05) is 6.08 Å². The van der Waals surface area contributed by atoms with E-state index >= 15 is 0 Å². The van der Waals surface area contributed by atoms with E-state index in [0.29, 0.717) is 0 Å². The third kappa shape index (κ3) is 1.48. The van der Waals surface area contributed by atoms with Gasteiger partial charge in [-0.05, 0) is 31.2 Å². The second-order valence-corrected chi connectivity index (χ2v) is 5.39. The van der Waals surface area contributed by atoms with Gasteiger partial charge in [0.1, 0.15) is 0 Å². The van der Waals surface area contributed by atoms with Crippen molar-refractivity contribution in [2.75, 3.05) is 0 Å². The van der Waals surface area contributed by atoms with Gasteiger partial charge in [-0.2, -0.15) is 4.99 Å². The largest absolute Gasteiger partial charge is 0.235 e. The smallest absolute Gasteiger partial charge is 0.211 e. The number of hydrogen-bond acceptors (Lipinski definition) is 2. The van der Waals surface area contributed by atoms with E-state index < -0.39 is 0 Å². The average Bonchev–Trinajstić information content (AvgIpc) is 2.99. The number of benzene rings is 1. The summed E-state index contributed by atoms with van der Waals surface area (Å²) in [6.07, 6.45) is 8.77. The van der Waals surface area contributed by atoms with Gasteiger partial charge in [-0.15, -0.1) is 0 Å². The molecule has 0 bridgehead atoms. The number of carbonyl (C=O) groups excluding carboxylic acids is 1. The van der Waals surface area contributed by atoms with Crippen LogP contribution in [-0.4, -0.2) is 11.6 Å². The van der Waals surface area contributed by atoms with Crippen molar-refractivity contribution in [3.63, 3.8) is 0 Å². The van der Waals surface area contributed by atoms with Crippen LogP contribution in [0.1, 0.15) is 44.1 Å². The Morgan fingerprint density at radius 1 is 1.00 bits per heavy atom. The number of rotatable bonds is 3. The first-order valence-corrected chi connectivity index (χ1v) is 6.48. The number of aliphatic imine (C=N–C) groups is 1. The Hall–Kier alpha value is -1.40. The fourth-order valence-corrected chi connectivity index (χ4v) is 3.66.